The van der Waals surface area contributed by atoms with E-state index in [1.54, 1.807) is 13.0 Å². The summed E-state index contributed by atoms with van der Waals surface area (Å²) in [5.74, 6) is -1.78. The zero-order valence-corrected chi connectivity index (χ0v) is 7.77. The predicted octanol–water partition coefficient (Wildman–Crippen LogP) is 3.05. The summed E-state index contributed by atoms with van der Waals surface area (Å²) in [6, 6.07) is 4.26. The van der Waals surface area contributed by atoms with Gasteiger partial charge in [0.2, 0.25) is 0 Å². The largest absolute Gasteiger partial charge is 0.454 e. The summed E-state index contributed by atoms with van der Waals surface area (Å²) < 4.78 is 36.2. The van der Waals surface area contributed by atoms with Gasteiger partial charge in [0.1, 0.15) is 0 Å². The molecule has 0 spiro atoms. The number of ketones is 1. The number of rotatable bonds is 1. The molecule has 0 atom stereocenters. The Morgan fingerprint density at radius 1 is 1.21 bits per heavy atom. The van der Waals surface area contributed by atoms with E-state index in [0.29, 0.717) is 5.56 Å². The molecule has 0 aromatic heterocycles. The first-order valence-corrected chi connectivity index (χ1v) is 4.01. The summed E-state index contributed by atoms with van der Waals surface area (Å²) in [5.41, 5.74) is 0.914. The lowest BCUT2D eigenvalue weighted by molar-refractivity contribution is -0.0885. The van der Waals surface area contributed by atoms with Crippen molar-refractivity contribution >= 4 is 5.78 Å². The third-order valence-corrected chi connectivity index (χ3v) is 1.88. The number of hydrogen-bond donors (Lipinski definition) is 0. The minimum absolute atomic E-state index is 0.275. The van der Waals surface area contributed by atoms with E-state index < -0.39 is 12.0 Å². The number of halogens is 3. The number of carbonyl (C=O) groups is 1. The van der Waals surface area contributed by atoms with E-state index in [1.807, 2.05) is 0 Å². The molecule has 4 heteroatoms. The Bertz CT molecular complexity index is 366. The summed E-state index contributed by atoms with van der Waals surface area (Å²) in [4.78, 5) is 10.9. The van der Waals surface area contributed by atoms with E-state index in [4.69, 9.17) is 0 Å². The lowest BCUT2D eigenvalue weighted by Gasteiger charge is -2.08. The normalized spacial score (nSPS) is 11.5. The molecule has 0 heterocycles. The predicted molar refractivity (Wildman–Crippen MR) is 46.3 cm³/mol. The van der Waals surface area contributed by atoms with Gasteiger partial charge in [-0.15, -0.1) is 0 Å². The van der Waals surface area contributed by atoms with Crippen molar-refractivity contribution in [3.8, 4) is 0 Å². The summed E-state index contributed by atoms with van der Waals surface area (Å²) in [5, 5.41) is 0. The third-order valence-electron chi connectivity index (χ3n) is 1.88. The molecule has 0 aliphatic rings. The molecule has 1 nitrogen and oxygen atoms in total. The maximum Gasteiger partial charge on any atom is 0.454 e. The van der Waals surface area contributed by atoms with E-state index in [0.717, 1.165) is 5.56 Å². The SMILES string of the molecule is Cc1ccc(C(=O)C(F)(F)F)c(C)c1. The quantitative estimate of drug-likeness (QED) is 0.639. The van der Waals surface area contributed by atoms with Gasteiger partial charge in [0.15, 0.2) is 0 Å². The second kappa shape index (κ2) is 3.44. The van der Waals surface area contributed by atoms with Gasteiger partial charge in [0.05, 0.1) is 0 Å². The molecule has 0 radical (unpaired) electrons. The molecule has 0 fully saturated rings. The Hall–Kier alpha value is -1.32. The fourth-order valence-corrected chi connectivity index (χ4v) is 1.22. The van der Waals surface area contributed by atoms with Crippen LogP contribution < -0.4 is 0 Å². The highest BCUT2D eigenvalue weighted by molar-refractivity contribution is 6.01. The molecule has 0 amide bonds. The van der Waals surface area contributed by atoms with Gasteiger partial charge in [-0.25, -0.2) is 0 Å². The van der Waals surface area contributed by atoms with Crippen LogP contribution in [-0.4, -0.2) is 12.0 Å². The van der Waals surface area contributed by atoms with Gasteiger partial charge in [0, 0.05) is 5.56 Å². The first-order chi connectivity index (χ1) is 6.32. The highest BCUT2D eigenvalue weighted by Crippen LogP contribution is 2.23. The monoisotopic (exact) mass is 202 g/mol. The molecule has 0 unspecified atom stereocenters. The zero-order valence-electron chi connectivity index (χ0n) is 7.77. The second-order valence-electron chi connectivity index (χ2n) is 3.15. The van der Waals surface area contributed by atoms with Crippen LogP contribution in [0.25, 0.3) is 0 Å². The summed E-state index contributed by atoms with van der Waals surface area (Å²) in [6.07, 6.45) is -4.79. The Labute approximate surface area is 79.5 Å². The lowest BCUT2D eigenvalue weighted by Crippen LogP contribution is -2.23. The average molecular weight is 202 g/mol. The van der Waals surface area contributed by atoms with Crippen LogP contribution in [0.4, 0.5) is 13.2 Å². The van der Waals surface area contributed by atoms with Gasteiger partial charge in [-0.2, -0.15) is 13.2 Å². The van der Waals surface area contributed by atoms with Crippen LogP contribution >= 0.6 is 0 Å². The number of Topliss-reactive ketones (excluding diaryl/α,β-unsaturated/α-hetero) is 1. The van der Waals surface area contributed by atoms with E-state index in [1.165, 1.54) is 19.1 Å². The molecule has 0 N–H and O–H groups in total. The minimum Gasteiger partial charge on any atom is -0.284 e. The Balaban J connectivity index is 3.15. The Morgan fingerprint density at radius 2 is 1.79 bits per heavy atom. The van der Waals surface area contributed by atoms with Gasteiger partial charge in [0.25, 0.3) is 5.78 Å². The Morgan fingerprint density at radius 3 is 2.21 bits per heavy atom. The molecular weight excluding hydrogens is 193 g/mol. The van der Waals surface area contributed by atoms with Crippen molar-refractivity contribution in [1.29, 1.82) is 0 Å². The molecular formula is C10H9F3O. The van der Waals surface area contributed by atoms with Crippen molar-refractivity contribution in [2.75, 3.05) is 0 Å². The molecule has 14 heavy (non-hydrogen) atoms. The van der Waals surface area contributed by atoms with Crippen LogP contribution in [-0.2, 0) is 0 Å². The van der Waals surface area contributed by atoms with E-state index in [-0.39, 0.29) is 5.56 Å². The fraction of sp³-hybridized carbons (Fsp3) is 0.300. The van der Waals surface area contributed by atoms with Gasteiger partial charge in [-0.3, -0.25) is 4.79 Å². The maximum absolute atomic E-state index is 12.1. The molecule has 0 bridgehead atoms. The van der Waals surface area contributed by atoms with Crippen LogP contribution in [0, 0.1) is 13.8 Å². The number of alkyl halides is 3. The van der Waals surface area contributed by atoms with Crippen LogP contribution in [0.15, 0.2) is 18.2 Å². The molecule has 1 aromatic rings. The number of carbonyl (C=O) groups excluding carboxylic acids is 1. The molecule has 0 aliphatic heterocycles. The first-order valence-electron chi connectivity index (χ1n) is 4.01. The number of hydrogen-bond acceptors (Lipinski definition) is 1. The summed E-state index contributed by atoms with van der Waals surface area (Å²) in [6.45, 7) is 3.25. The van der Waals surface area contributed by atoms with Crippen molar-refractivity contribution in [2.24, 2.45) is 0 Å². The third kappa shape index (κ3) is 2.13. The molecule has 0 saturated carbocycles. The van der Waals surface area contributed by atoms with E-state index in [2.05, 4.69) is 0 Å². The highest BCUT2D eigenvalue weighted by atomic mass is 19.4. The zero-order chi connectivity index (χ0) is 10.9. The second-order valence-corrected chi connectivity index (χ2v) is 3.15. The van der Waals surface area contributed by atoms with Gasteiger partial charge < -0.3 is 0 Å². The maximum atomic E-state index is 12.1. The van der Waals surface area contributed by atoms with Crippen molar-refractivity contribution in [3.05, 3.63) is 34.9 Å². The van der Waals surface area contributed by atoms with Crippen LogP contribution in [0.5, 0.6) is 0 Å². The Kier molecular flexibility index (Phi) is 2.64. The molecule has 1 rings (SSSR count). The average Bonchev–Trinajstić information content (AvgIpc) is 2.01. The van der Waals surface area contributed by atoms with Crippen molar-refractivity contribution in [3.63, 3.8) is 0 Å². The van der Waals surface area contributed by atoms with E-state index in [9.17, 15) is 18.0 Å². The topological polar surface area (TPSA) is 17.1 Å². The summed E-state index contributed by atoms with van der Waals surface area (Å²) >= 11 is 0. The smallest absolute Gasteiger partial charge is 0.284 e. The molecule has 1 aromatic carbocycles. The molecule has 0 saturated heterocycles. The van der Waals surface area contributed by atoms with Gasteiger partial charge >= 0.3 is 6.18 Å². The lowest BCUT2D eigenvalue weighted by atomic mass is 10.0. The number of aryl methyl sites for hydroxylation is 2. The first kappa shape index (κ1) is 10.8. The number of benzene rings is 1. The van der Waals surface area contributed by atoms with Crippen molar-refractivity contribution in [2.45, 2.75) is 20.0 Å². The van der Waals surface area contributed by atoms with E-state index >= 15 is 0 Å². The van der Waals surface area contributed by atoms with Gasteiger partial charge in [-0.1, -0.05) is 23.8 Å². The van der Waals surface area contributed by atoms with Gasteiger partial charge in [-0.05, 0) is 19.4 Å². The fourth-order valence-electron chi connectivity index (χ4n) is 1.22. The minimum atomic E-state index is -4.79. The van der Waals surface area contributed by atoms with Crippen molar-refractivity contribution < 1.29 is 18.0 Å². The van der Waals surface area contributed by atoms with Crippen LogP contribution in [0.3, 0.4) is 0 Å². The molecule has 76 valence electrons. The highest BCUT2D eigenvalue weighted by Gasteiger charge is 2.39. The standard InChI is InChI=1S/C10H9F3O/c1-6-3-4-8(7(2)5-6)9(14)10(11,12)13/h3-5H,1-2H3. The molecule has 0 aliphatic carbocycles. The van der Waals surface area contributed by atoms with Crippen molar-refractivity contribution in [1.82, 2.24) is 0 Å². The van der Waals surface area contributed by atoms with Crippen LogP contribution in [0.2, 0.25) is 0 Å². The summed E-state index contributed by atoms with van der Waals surface area (Å²) in [7, 11) is 0. The van der Waals surface area contributed by atoms with Crippen LogP contribution in [0.1, 0.15) is 21.5 Å².